The lowest BCUT2D eigenvalue weighted by molar-refractivity contribution is 0.201. The number of nitrogens with one attached hydrogen (secondary N) is 1. The van der Waals surface area contributed by atoms with Crippen LogP contribution in [0.2, 0.25) is 5.02 Å². The minimum atomic E-state index is -1.91. The van der Waals surface area contributed by atoms with Crippen molar-refractivity contribution in [1.29, 1.82) is 0 Å². The second-order valence-electron chi connectivity index (χ2n) is 3.64. The minimum Gasteiger partial charge on any atom is -0.271 e. The molecule has 1 saturated heterocycles. The van der Waals surface area contributed by atoms with Crippen molar-refractivity contribution >= 4 is 75.7 Å². The number of halogens is 4. The van der Waals surface area contributed by atoms with Gasteiger partial charge in [0.15, 0.2) is 0 Å². The van der Waals surface area contributed by atoms with Crippen molar-refractivity contribution in [1.82, 2.24) is 10.4 Å². The number of thiocarbonyl (C=S) groups is 1. The van der Waals surface area contributed by atoms with Crippen LogP contribution in [0.15, 0.2) is 24.3 Å². The van der Waals surface area contributed by atoms with E-state index in [4.69, 9.17) is 58.6 Å². The zero-order valence-corrected chi connectivity index (χ0v) is 13.0. The molecule has 1 aliphatic rings. The summed E-state index contributed by atoms with van der Waals surface area (Å²) in [6, 6.07) is 6.14. The van der Waals surface area contributed by atoms with Crippen LogP contribution in [0.4, 0.5) is 10.5 Å². The van der Waals surface area contributed by atoms with Crippen molar-refractivity contribution in [2.24, 2.45) is 0 Å². The van der Waals surface area contributed by atoms with E-state index in [2.05, 4.69) is 5.43 Å². The number of anilines is 1. The summed E-state index contributed by atoms with van der Waals surface area (Å²) < 4.78 is -1.91. The summed E-state index contributed by atoms with van der Waals surface area (Å²) in [5.74, 6) is 0. The Morgan fingerprint density at radius 1 is 1.26 bits per heavy atom. The molecule has 1 aliphatic heterocycles. The number of rotatable bonds is 2. The molecule has 4 nitrogen and oxygen atoms in total. The molecule has 102 valence electrons. The first-order valence-corrected chi connectivity index (χ1v) is 7.00. The molecule has 0 aromatic heterocycles. The molecule has 0 spiro atoms. The number of carbonyl (C=O) groups excluding carboxylic acids is 1. The number of nitrogens with zero attached hydrogens (tertiary/aromatic N) is 2. The molecule has 2 rings (SSSR count). The summed E-state index contributed by atoms with van der Waals surface area (Å²) in [6.07, 6.45) is -0.584. The van der Waals surface area contributed by atoms with Crippen LogP contribution >= 0.6 is 58.6 Å². The van der Waals surface area contributed by atoms with Crippen LogP contribution in [-0.4, -0.2) is 26.5 Å². The molecule has 1 fully saturated rings. The first-order chi connectivity index (χ1) is 8.84. The third kappa shape index (κ3) is 3.07. The Morgan fingerprint density at radius 3 is 2.32 bits per heavy atom. The average Bonchev–Trinajstić information content (AvgIpc) is 2.67. The number of alkyl halides is 3. The molecule has 1 N–H and O–H groups in total. The molecule has 1 unspecified atom stereocenters. The molecule has 0 bridgehead atoms. The van der Waals surface area contributed by atoms with Crippen LogP contribution in [-0.2, 0) is 0 Å². The van der Waals surface area contributed by atoms with Crippen molar-refractivity contribution in [2.45, 2.75) is 10.1 Å². The molecule has 0 radical (unpaired) electrons. The van der Waals surface area contributed by atoms with Crippen LogP contribution in [0.5, 0.6) is 0 Å². The smallest absolute Gasteiger partial charge is 0.271 e. The van der Waals surface area contributed by atoms with E-state index >= 15 is 0 Å². The number of urea groups is 1. The van der Waals surface area contributed by atoms with Crippen LogP contribution in [0.25, 0.3) is 0 Å². The van der Waals surface area contributed by atoms with Crippen LogP contribution in [0.1, 0.15) is 0 Å². The normalized spacial score (nSPS) is 20.0. The zero-order valence-electron chi connectivity index (χ0n) is 9.19. The summed E-state index contributed by atoms with van der Waals surface area (Å²) in [5, 5.41) is 2.81. The number of amides is 2. The van der Waals surface area contributed by atoms with Gasteiger partial charge in [0.25, 0.3) is 3.92 Å². The van der Waals surface area contributed by atoms with Crippen LogP contribution in [0.3, 0.4) is 0 Å². The predicted octanol–water partition coefficient (Wildman–Crippen LogP) is 3.74. The zero-order chi connectivity index (χ0) is 14.2. The van der Waals surface area contributed by atoms with E-state index in [0.717, 1.165) is 5.01 Å². The van der Waals surface area contributed by atoms with Gasteiger partial charge in [-0.05, 0) is 24.3 Å². The van der Waals surface area contributed by atoms with Gasteiger partial charge >= 0.3 is 6.03 Å². The Hall–Kier alpha value is -0.300. The first-order valence-electron chi connectivity index (χ1n) is 5.02. The Labute approximate surface area is 135 Å². The maximum absolute atomic E-state index is 12.2. The summed E-state index contributed by atoms with van der Waals surface area (Å²) in [6.45, 7) is 0. The van der Waals surface area contributed by atoms with Crippen molar-refractivity contribution in [3.05, 3.63) is 29.3 Å². The molecule has 19 heavy (non-hydrogen) atoms. The second-order valence-corrected chi connectivity index (χ2v) is 6.57. The number of hydrogen-bond acceptors (Lipinski definition) is 3. The quantitative estimate of drug-likeness (QED) is 0.497. The van der Waals surface area contributed by atoms with Gasteiger partial charge in [0.1, 0.15) is 6.17 Å². The van der Waals surface area contributed by atoms with Gasteiger partial charge in [-0.1, -0.05) is 58.6 Å². The van der Waals surface area contributed by atoms with Gasteiger partial charge in [0.05, 0.1) is 0 Å². The number of benzene rings is 1. The van der Waals surface area contributed by atoms with E-state index < -0.39 is 16.1 Å². The van der Waals surface area contributed by atoms with Gasteiger partial charge in [-0.3, -0.25) is 4.90 Å². The average molecular weight is 359 g/mol. The molecule has 0 aliphatic carbocycles. The Morgan fingerprint density at radius 2 is 1.84 bits per heavy atom. The van der Waals surface area contributed by atoms with Gasteiger partial charge in [-0.25, -0.2) is 9.80 Å². The highest BCUT2D eigenvalue weighted by molar-refractivity contribution is 7.79. The van der Waals surface area contributed by atoms with E-state index in [1.807, 2.05) is 0 Å². The fourth-order valence-corrected chi connectivity index (χ4v) is 2.29. The van der Waals surface area contributed by atoms with Crippen molar-refractivity contribution in [2.75, 3.05) is 4.90 Å². The molecule has 1 atom stereocenters. The van der Waals surface area contributed by atoms with E-state index in [1.165, 1.54) is 10.3 Å². The monoisotopic (exact) mass is 357 g/mol. The van der Waals surface area contributed by atoms with Crippen LogP contribution < -0.4 is 10.3 Å². The fourth-order valence-electron chi connectivity index (χ4n) is 1.62. The lowest BCUT2D eigenvalue weighted by Crippen LogP contribution is -2.45. The number of hydrogen-bond donors (Lipinski definition) is 1. The van der Waals surface area contributed by atoms with Gasteiger partial charge in [-0.2, -0.15) is 5.43 Å². The van der Waals surface area contributed by atoms with E-state index in [-0.39, 0.29) is 0 Å². The number of hydrazine groups is 1. The van der Waals surface area contributed by atoms with Crippen LogP contribution in [0, 0.1) is 0 Å². The topological polar surface area (TPSA) is 35.6 Å². The van der Waals surface area contributed by atoms with Crippen molar-refractivity contribution in [3.8, 4) is 0 Å². The standard InChI is InChI=1S/C10H7Cl4N3OS/c11-6-1-3-7(4-2-6)16-8(5-19)15-17(9(16)18)10(12,13)14/h1-5,8,15H. The maximum atomic E-state index is 12.2. The molecule has 9 heteroatoms. The van der Waals surface area contributed by atoms with E-state index in [0.29, 0.717) is 10.7 Å². The van der Waals surface area contributed by atoms with E-state index in [1.54, 1.807) is 24.3 Å². The van der Waals surface area contributed by atoms with Gasteiger partial charge in [-0.15, -0.1) is 0 Å². The fraction of sp³-hybridized carbons (Fsp3) is 0.200. The Balaban J connectivity index is 2.36. The molecular weight excluding hydrogens is 352 g/mol. The summed E-state index contributed by atoms with van der Waals surface area (Å²) in [5.41, 5.74) is 3.30. The second kappa shape index (κ2) is 5.60. The maximum Gasteiger partial charge on any atom is 0.344 e. The lowest BCUT2D eigenvalue weighted by Gasteiger charge is -2.23. The third-order valence-corrected chi connectivity index (χ3v) is 3.44. The van der Waals surface area contributed by atoms with Crippen molar-refractivity contribution in [3.63, 3.8) is 0 Å². The highest BCUT2D eigenvalue weighted by Crippen LogP contribution is 2.34. The highest BCUT2D eigenvalue weighted by atomic mass is 35.6. The molecule has 2 amide bonds. The lowest BCUT2D eigenvalue weighted by atomic mass is 10.3. The Bertz CT molecular complexity index is 504. The predicted molar refractivity (Wildman–Crippen MR) is 82.0 cm³/mol. The SMILES string of the molecule is O=C1N(c2ccc(Cl)cc2)C(C=S)NN1C(Cl)(Cl)Cl. The van der Waals surface area contributed by atoms with E-state index in [9.17, 15) is 4.79 Å². The molecule has 1 aromatic carbocycles. The Kier molecular flexibility index (Phi) is 4.45. The summed E-state index contributed by atoms with van der Waals surface area (Å²) >= 11 is 27.8. The summed E-state index contributed by atoms with van der Waals surface area (Å²) in [4.78, 5) is 13.6. The van der Waals surface area contributed by atoms with Gasteiger partial charge in [0, 0.05) is 16.1 Å². The third-order valence-electron chi connectivity index (χ3n) is 2.42. The molecule has 1 aromatic rings. The van der Waals surface area contributed by atoms with Gasteiger partial charge in [0.2, 0.25) is 0 Å². The highest BCUT2D eigenvalue weighted by Gasteiger charge is 2.46. The van der Waals surface area contributed by atoms with Crippen molar-refractivity contribution < 1.29 is 4.79 Å². The molecule has 0 saturated carbocycles. The molecule has 1 heterocycles. The summed E-state index contributed by atoms with van der Waals surface area (Å²) in [7, 11) is 0. The molecular formula is C10H7Cl4N3OS. The largest absolute Gasteiger partial charge is 0.344 e. The minimum absolute atomic E-state index is 0.520. The van der Waals surface area contributed by atoms with Gasteiger partial charge < -0.3 is 0 Å². The first kappa shape index (κ1) is 15.1. The number of carbonyl (C=O) groups is 1.